The van der Waals surface area contributed by atoms with Crippen LogP contribution >= 0.6 is 0 Å². The lowest BCUT2D eigenvalue weighted by Crippen LogP contribution is -2.37. The Balaban J connectivity index is 3.52. The summed E-state index contributed by atoms with van der Waals surface area (Å²) in [5, 5.41) is 3.27. The predicted molar refractivity (Wildman–Crippen MR) is 49.5 cm³/mol. The molecule has 0 fully saturated rings. The van der Waals surface area contributed by atoms with Crippen LogP contribution in [0.15, 0.2) is 0 Å². The Bertz CT molecular complexity index is 124. The summed E-state index contributed by atoms with van der Waals surface area (Å²) in [5.41, 5.74) is 0. The van der Waals surface area contributed by atoms with E-state index in [0.717, 1.165) is 19.5 Å². The first-order valence-corrected chi connectivity index (χ1v) is 4.05. The average molecular weight is 154 g/mol. The third kappa shape index (κ3) is 5.90. The highest BCUT2D eigenvalue weighted by Gasteiger charge is 2.02. The lowest BCUT2D eigenvalue weighted by Gasteiger charge is -2.16. The van der Waals surface area contributed by atoms with Gasteiger partial charge in [0.2, 0.25) is 0 Å². The summed E-state index contributed by atoms with van der Waals surface area (Å²) in [6.07, 6.45) is 6.45. The second-order valence-electron chi connectivity index (χ2n) is 2.94. The van der Waals surface area contributed by atoms with Crippen LogP contribution in [0, 0.1) is 12.3 Å². The zero-order valence-electron chi connectivity index (χ0n) is 7.72. The standard InChI is InChI=1S/C9H18N2/c1-5-7-10-9(6-2)8-11(3)4/h2,9-10H,5,7-8H2,1,3-4H3. The first-order valence-electron chi connectivity index (χ1n) is 4.05. The topological polar surface area (TPSA) is 15.3 Å². The van der Waals surface area contributed by atoms with E-state index in [1.54, 1.807) is 0 Å². The Labute approximate surface area is 70.0 Å². The van der Waals surface area contributed by atoms with Crippen molar-refractivity contribution in [3.05, 3.63) is 0 Å². The van der Waals surface area contributed by atoms with E-state index in [-0.39, 0.29) is 6.04 Å². The van der Waals surface area contributed by atoms with E-state index >= 15 is 0 Å². The van der Waals surface area contributed by atoms with Gasteiger partial charge in [0.15, 0.2) is 0 Å². The fourth-order valence-electron chi connectivity index (χ4n) is 0.860. The van der Waals surface area contributed by atoms with Gasteiger partial charge in [-0.1, -0.05) is 12.8 Å². The molecule has 0 heterocycles. The van der Waals surface area contributed by atoms with Gasteiger partial charge in [0.1, 0.15) is 0 Å². The zero-order chi connectivity index (χ0) is 8.69. The first kappa shape index (κ1) is 10.5. The Morgan fingerprint density at radius 3 is 2.55 bits per heavy atom. The number of nitrogens with zero attached hydrogens (tertiary/aromatic N) is 1. The molecule has 2 nitrogen and oxygen atoms in total. The third-order valence-electron chi connectivity index (χ3n) is 1.39. The van der Waals surface area contributed by atoms with Crippen LogP contribution in [0.4, 0.5) is 0 Å². The normalized spacial score (nSPS) is 13.0. The molecule has 0 bridgehead atoms. The lowest BCUT2D eigenvalue weighted by molar-refractivity contribution is 0.372. The van der Waals surface area contributed by atoms with Gasteiger partial charge in [-0.25, -0.2) is 0 Å². The van der Waals surface area contributed by atoms with Crippen LogP contribution in [0.5, 0.6) is 0 Å². The molecular weight excluding hydrogens is 136 g/mol. The van der Waals surface area contributed by atoms with Crippen molar-refractivity contribution >= 4 is 0 Å². The van der Waals surface area contributed by atoms with Gasteiger partial charge >= 0.3 is 0 Å². The van der Waals surface area contributed by atoms with Crippen LogP contribution in [0.2, 0.25) is 0 Å². The van der Waals surface area contributed by atoms with E-state index in [2.05, 4.69) is 23.1 Å². The van der Waals surface area contributed by atoms with Gasteiger partial charge in [0, 0.05) is 6.54 Å². The maximum atomic E-state index is 5.32. The van der Waals surface area contributed by atoms with Crippen LogP contribution in [0.3, 0.4) is 0 Å². The Kier molecular flexibility index (Phi) is 5.91. The van der Waals surface area contributed by atoms with Crippen LogP contribution in [-0.4, -0.2) is 38.1 Å². The maximum Gasteiger partial charge on any atom is 0.0815 e. The number of likely N-dealkylation sites (N-methyl/N-ethyl adjacent to an activating group) is 1. The second kappa shape index (κ2) is 6.21. The van der Waals surface area contributed by atoms with Crippen molar-refractivity contribution in [1.82, 2.24) is 10.2 Å². The van der Waals surface area contributed by atoms with E-state index in [4.69, 9.17) is 6.42 Å². The van der Waals surface area contributed by atoms with Crippen LogP contribution in [0.25, 0.3) is 0 Å². The van der Waals surface area contributed by atoms with Gasteiger partial charge in [-0.2, -0.15) is 0 Å². The molecule has 0 radical (unpaired) electrons. The van der Waals surface area contributed by atoms with E-state index in [0.29, 0.717) is 0 Å². The molecule has 0 aromatic rings. The molecule has 0 aliphatic carbocycles. The van der Waals surface area contributed by atoms with Gasteiger partial charge in [0.05, 0.1) is 6.04 Å². The number of nitrogens with one attached hydrogen (secondary N) is 1. The predicted octanol–water partition coefficient (Wildman–Crippen LogP) is 0.549. The van der Waals surface area contributed by atoms with Crippen molar-refractivity contribution < 1.29 is 0 Å². The minimum atomic E-state index is 0.199. The highest BCUT2D eigenvalue weighted by atomic mass is 15.1. The first-order chi connectivity index (χ1) is 5.20. The maximum absolute atomic E-state index is 5.32. The molecule has 0 saturated heterocycles. The van der Waals surface area contributed by atoms with E-state index in [1.807, 2.05) is 14.1 Å². The minimum absolute atomic E-state index is 0.199. The summed E-state index contributed by atoms with van der Waals surface area (Å²) in [6.45, 7) is 4.05. The van der Waals surface area contributed by atoms with Gasteiger partial charge in [-0.05, 0) is 27.1 Å². The van der Waals surface area contributed by atoms with Crippen LogP contribution in [0.1, 0.15) is 13.3 Å². The monoisotopic (exact) mass is 154 g/mol. The van der Waals surface area contributed by atoms with Gasteiger partial charge < -0.3 is 10.2 Å². The van der Waals surface area contributed by atoms with Crippen molar-refractivity contribution in [2.24, 2.45) is 0 Å². The largest absolute Gasteiger partial charge is 0.307 e. The van der Waals surface area contributed by atoms with E-state index in [9.17, 15) is 0 Å². The van der Waals surface area contributed by atoms with Gasteiger partial charge in [-0.3, -0.25) is 0 Å². The molecule has 0 aliphatic rings. The molecule has 0 aliphatic heterocycles. The molecule has 0 saturated carbocycles. The lowest BCUT2D eigenvalue weighted by atomic mass is 10.3. The third-order valence-corrected chi connectivity index (χ3v) is 1.39. The fourth-order valence-corrected chi connectivity index (χ4v) is 0.860. The van der Waals surface area contributed by atoms with Crippen molar-refractivity contribution in [2.45, 2.75) is 19.4 Å². The quantitative estimate of drug-likeness (QED) is 0.582. The van der Waals surface area contributed by atoms with Crippen molar-refractivity contribution in [3.63, 3.8) is 0 Å². The second-order valence-corrected chi connectivity index (χ2v) is 2.94. The Hall–Kier alpha value is -0.520. The van der Waals surface area contributed by atoms with E-state index < -0.39 is 0 Å². The molecule has 0 rings (SSSR count). The summed E-state index contributed by atoms with van der Waals surface area (Å²) >= 11 is 0. The zero-order valence-corrected chi connectivity index (χ0v) is 7.72. The summed E-state index contributed by atoms with van der Waals surface area (Å²) in [4.78, 5) is 2.09. The summed E-state index contributed by atoms with van der Waals surface area (Å²) in [6, 6.07) is 0.199. The molecule has 0 aromatic carbocycles. The van der Waals surface area contributed by atoms with Crippen molar-refractivity contribution in [3.8, 4) is 12.3 Å². The van der Waals surface area contributed by atoms with E-state index in [1.165, 1.54) is 0 Å². The molecule has 64 valence electrons. The summed E-state index contributed by atoms with van der Waals surface area (Å²) in [7, 11) is 4.05. The highest BCUT2D eigenvalue weighted by molar-refractivity contribution is 4.99. The fraction of sp³-hybridized carbons (Fsp3) is 0.778. The molecule has 11 heavy (non-hydrogen) atoms. The number of hydrogen-bond donors (Lipinski definition) is 1. The number of terminal acetylenes is 1. The Morgan fingerprint density at radius 1 is 1.55 bits per heavy atom. The minimum Gasteiger partial charge on any atom is -0.307 e. The van der Waals surface area contributed by atoms with Crippen molar-refractivity contribution in [2.75, 3.05) is 27.2 Å². The smallest absolute Gasteiger partial charge is 0.0815 e. The SMILES string of the molecule is C#CC(CN(C)C)NCCC. The molecule has 0 spiro atoms. The van der Waals surface area contributed by atoms with Crippen LogP contribution in [-0.2, 0) is 0 Å². The summed E-state index contributed by atoms with van der Waals surface area (Å²) in [5.74, 6) is 2.72. The molecule has 0 aromatic heterocycles. The number of rotatable bonds is 5. The van der Waals surface area contributed by atoms with Crippen LogP contribution < -0.4 is 5.32 Å². The molecular formula is C9H18N2. The van der Waals surface area contributed by atoms with Crippen molar-refractivity contribution in [1.29, 1.82) is 0 Å². The molecule has 1 N–H and O–H groups in total. The molecule has 1 unspecified atom stereocenters. The van der Waals surface area contributed by atoms with Gasteiger partial charge in [0.25, 0.3) is 0 Å². The highest BCUT2D eigenvalue weighted by Crippen LogP contribution is 1.84. The molecule has 0 amide bonds. The number of hydrogen-bond acceptors (Lipinski definition) is 2. The summed E-state index contributed by atoms with van der Waals surface area (Å²) < 4.78 is 0. The Morgan fingerprint density at radius 2 is 2.18 bits per heavy atom. The average Bonchev–Trinajstić information content (AvgIpc) is 1.97. The molecule has 1 atom stereocenters. The van der Waals surface area contributed by atoms with Gasteiger partial charge in [-0.15, -0.1) is 6.42 Å². The molecule has 2 heteroatoms.